The molecule has 0 bridgehead atoms. The largest absolute Gasteiger partial charge is 0.384 e. The molecule has 0 aliphatic carbocycles. The van der Waals surface area contributed by atoms with Crippen molar-refractivity contribution >= 4 is 40.0 Å². The number of hydrogen-bond donors (Lipinski definition) is 2. The summed E-state index contributed by atoms with van der Waals surface area (Å²) in [6.07, 6.45) is 3.90. The van der Waals surface area contributed by atoms with E-state index in [4.69, 9.17) is 16.3 Å². The predicted octanol–water partition coefficient (Wildman–Crippen LogP) is 4.13. The van der Waals surface area contributed by atoms with Crippen LogP contribution in [0.1, 0.15) is 18.5 Å². The number of benzene rings is 1. The van der Waals surface area contributed by atoms with Gasteiger partial charge in [0, 0.05) is 60.2 Å². The van der Waals surface area contributed by atoms with Crippen molar-refractivity contribution in [3.05, 3.63) is 47.2 Å². The molecule has 0 amide bonds. The number of aromatic nitrogens is 3. The van der Waals surface area contributed by atoms with Gasteiger partial charge in [-0.25, -0.2) is 4.98 Å². The highest BCUT2D eigenvalue weighted by molar-refractivity contribution is 6.31. The van der Waals surface area contributed by atoms with Crippen LogP contribution in [-0.2, 0) is 4.74 Å². The van der Waals surface area contributed by atoms with Crippen LogP contribution < -0.4 is 15.5 Å². The fourth-order valence-electron chi connectivity index (χ4n) is 3.51. The highest BCUT2D eigenvalue weighted by Gasteiger charge is 2.14. The Kier molecular flexibility index (Phi) is 6.81. The molecule has 30 heavy (non-hydrogen) atoms. The summed E-state index contributed by atoms with van der Waals surface area (Å²) in [5.74, 6) is 1.67. The van der Waals surface area contributed by atoms with Crippen molar-refractivity contribution < 1.29 is 4.74 Å². The van der Waals surface area contributed by atoms with E-state index >= 15 is 0 Å². The van der Waals surface area contributed by atoms with E-state index in [0.717, 1.165) is 86.3 Å². The molecule has 0 atom stereocenters. The minimum absolute atomic E-state index is 0.704. The highest BCUT2D eigenvalue weighted by Crippen LogP contribution is 2.24. The van der Waals surface area contributed by atoms with E-state index in [1.54, 1.807) is 0 Å². The summed E-state index contributed by atoms with van der Waals surface area (Å²) in [4.78, 5) is 15.8. The molecular formula is C22H27ClN6O. The zero-order chi connectivity index (χ0) is 20.8. The summed E-state index contributed by atoms with van der Waals surface area (Å²) in [7, 11) is 0. The minimum atomic E-state index is 0.704. The van der Waals surface area contributed by atoms with E-state index in [0.29, 0.717) is 5.02 Å². The lowest BCUT2D eigenvalue weighted by atomic mass is 10.2. The first-order valence-electron chi connectivity index (χ1n) is 10.4. The van der Waals surface area contributed by atoms with Gasteiger partial charge in [0.2, 0.25) is 5.95 Å². The van der Waals surface area contributed by atoms with Gasteiger partial charge in [-0.1, -0.05) is 11.6 Å². The number of morpholine rings is 1. The number of halogens is 1. The molecule has 1 aliphatic heterocycles. The van der Waals surface area contributed by atoms with Crippen molar-refractivity contribution in [3.8, 4) is 0 Å². The molecule has 1 aromatic carbocycles. The maximum Gasteiger partial charge on any atom is 0.227 e. The van der Waals surface area contributed by atoms with E-state index in [1.807, 2.05) is 43.5 Å². The molecule has 4 rings (SSSR count). The van der Waals surface area contributed by atoms with Crippen molar-refractivity contribution in [2.75, 3.05) is 54.9 Å². The zero-order valence-electron chi connectivity index (χ0n) is 17.2. The van der Waals surface area contributed by atoms with Gasteiger partial charge in [-0.2, -0.15) is 4.98 Å². The van der Waals surface area contributed by atoms with Gasteiger partial charge in [0.1, 0.15) is 5.82 Å². The molecular weight excluding hydrogens is 400 g/mol. The van der Waals surface area contributed by atoms with Crippen LogP contribution in [0.2, 0.25) is 5.02 Å². The molecule has 0 unspecified atom stereocenters. The SMILES string of the molecule is Cc1cc(NCCCCNc2ccnc3cc(Cl)ccc23)nc(N2CCOCC2)n1. The van der Waals surface area contributed by atoms with Gasteiger partial charge in [-0.05, 0) is 44.0 Å². The topological polar surface area (TPSA) is 75.2 Å². The monoisotopic (exact) mass is 426 g/mol. The average Bonchev–Trinajstić information content (AvgIpc) is 2.76. The third-order valence-corrected chi connectivity index (χ3v) is 5.30. The molecule has 2 aromatic heterocycles. The summed E-state index contributed by atoms with van der Waals surface area (Å²) in [6, 6.07) is 9.80. The Morgan fingerprint density at radius 2 is 1.83 bits per heavy atom. The van der Waals surface area contributed by atoms with Crippen molar-refractivity contribution in [2.45, 2.75) is 19.8 Å². The van der Waals surface area contributed by atoms with Crippen molar-refractivity contribution in [2.24, 2.45) is 0 Å². The molecule has 3 aromatic rings. The fourth-order valence-corrected chi connectivity index (χ4v) is 3.68. The Hall–Kier alpha value is -2.64. The molecule has 0 spiro atoms. The van der Waals surface area contributed by atoms with Gasteiger partial charge in [0.05, 0.1) is 18.7 Å². The third kappa shape index (κ3) is 5.29. The minimum Gasteiger partial charge on any atom is -0.384 e. The number of unbranched alkanes of at least 4 members (excludes halogenated alkanes) is 1. The van der Waals surface area contributed by atoms with Gasteiger partial charge in [-0.3, -0.25) is 4.98 Å². The summed E-state index contributed by atoms with van der Waals surface area (Å²) in [5.41, 5.74) is 2.97. The van der Waals surface area contributed by atoms with Crippen LogP contribution in [0.4, 0.5) is 17.5 Å². The number of pyridine rings is 1. The fraction of sp³-hybridized carbons (Fsp3) is 0.409. The number of nitrogens with zero attached hydrogens (tertiary/aromatic N) is 4. The number of rotatable bonds is 8. The lowest BCUT2D eigenvalue weighted by Gasteiger charge is -2.27. The molecule has 1 saturated heterocycles. The lowest BCUT2D eigenvalue weighted by Crippen LogP contribution is -2.37. The average molecular weight is 427 g/mol. The van der Waals surface area contributed by atoms with E-state index in [2.05, 4.69) is 30.5 Å². The second-order valence-corrected chi connectivity index (χ2v) is 7.81. The molecule has 7 nitrogen and oxygen atoms in total. The molecule has 2 N–H and O–H groups in total. The van der Waals surface area contributed by atoms with E-state index in [1.165, 1.54) is 0 Å². The van der Waals surface area contributed by atoms with Crippen LogP contribution in [0.25, 0.3) is 10.9 Å². The summed E-state index contributed by atoms with van der Waals surface area (Å²) < 4.78 is 5.42. The normalized spacial score (nSPS) is 14.1. The van der Waals surface area contributed by atoms with Gasteiger partial charge < -0.3 is 20.3 Å². The first-order valence-corrected chi connectivity index (χ1v) is 10.8. The molecule has 0 saturated carbocycles. The third-order valence-electron chi connectivity index (χ3n) is 5.07. The van der Waals surface area contributed by atoms with Crippen LogP contribution in [0.5, 0.6) is 0 Å². The quantitative estimate of drug-likeness (QED) is 0.524. The molecule has 8 heteroatoms. The van der Waals surface area contributed by atoms with Crippen LogP contribution in [0, 0.1) is 6.92 Å². The number of fused-ring (bicyclic) bond motifs is 1. The number of aryl methyl sites for hydroxylation is 1. The predicted molar refractivity (Wildman–Crippen MR) is 123 cm³/mol. The van der Waals surface area contributed by atoms with E-state index in [-0.39, 0.29) is 0 Å². The number of hydrogen-bond acceptors (Lipinski definition) is 7. The Morgan fingerprint density at radius 1 is 1.03 bits per heavy atom. The zero-order valence-corrected chi connectivity index (χ0v) is 18.0. The van der Waals surface area contributed by atoms with E-state index in [9.17, 15) is 0 Å². The summed E-state index contributed by atoms with van der Waals surface area (Å²) >= 11 is 6.06. The maximum absolute atomic E-state index is 6.06. The Bertz CT molecular complexity index is 993. The molecule has 0 radical (unpaired) electrons. The smallest absolute Gasteiger partial charge is 0.227 e. The summed E-state index contributed by atoms with van der Waals surface area (Å²) in [5, 5.41) is 8.74. The van der Waals surface area contributed by atoms with Crippen LogP contribution in [-0.4, -0.2) is 54.3 Å². The van der Waals surface area contributed by atoms with Gasteiger partial charge in [0.15, 0.2) is 0 Å². The lowest BCUT2D eigenvalue weighted by molar-refractivity contribution is 0.122. The molecule has 1 fully saturated rings. The number of anilines is 3. The molecule has 158 valence electrons. The van der Waals surface area contributed by atoms with Gasteiger partial charge in [0.25, 0.3) is 0 Å². The highest BCUT2D eigenvalue weighted by atomic mass is 35.5. The first-order chi connectivity index (χ1) is 14.7. The van der Waals surface area contributed by atoms with E-state index < -0.39 is 0 Å². The molecule has 1 aliphatic rings. The first kappa shape index (κ1) is 20.6. The number of nitrogens with one attached hydrogen (secondary N) is 2. The Morgan fingerprint density at radius 3 is 2.67 bits per heavy atom. The second-order valence-electron chi connectivity index (χ2n) is 7.37. The Labute approximate surface area is 181 Å². The van der Waals surface area contributed by atoms with Crippen LogP contribution >= 0.6 is 11.6 Å². The van der Waals surface area contributed by atoms with Crippen molar-refractivity contribution in [3.63, 3.8) is 0 Å². The molecule has 3 heterocycles. The van der Waals surface area contributed by atoms with Crippen molar-refractivity contribution in [1.29, 1.82) is 0 Å². The second kappa shape index (κ2) is 9.91. The van der Waals surface area contributed by atoms with Crippen LogP contribution in [0.15, 0.2) is 36.5 Å². The van der Waals surface area contributed by atoms with Crippen LogP contribution in [0.3, 0.4) is 0 Å². The van der Waals surface area contributed by atoms with Gasteiger partial charge >= 0.3 is 0 Å². The number of ether oxygens (including phenoxy) is 1. The standard InChI is InChI=1S/C22H27ClN6O/c1-16-14-21(28-22(27-16)29-10-12-30-13-11-29)26-8-3-2-7-24-19-6-9-25-20-15-17(23)4-5-18(19)20/h4-6,9,14-15H,2-3,7-8,10-13H2,1H3,(H,24,25)(H,26,27,28). The summed E-state index contributed by atoms with van der Waals surface area (Å²) in [6.45, 7) is 6.90. The maximum atomic E-state index is 6.06. The van der Waals surface area contributed by atoms with Gasteiger partial charge in [-0.15, -0.1) is 0 Å². The van der Waals surface area contributed by atoms with Crippen molar-refractivity contribution in [1.82, 2.24) is 15.0 Å². The Balaban J connectivity index is 1.24.